The Hall–Kier alpha value is -0.0300. The Bertz CT molecular complexity index is 225. The molecule has 1 rings (SSSR count). The predicted octanol–water partition coefficient (Wildman–Crippen LogP) is 1.40. The summed E-state index contributed by atoms with van der Waals surface area (Å²) in [5.41, 5.74) is 0. The number of likely N-dealkylation sites (N-methyl/N-ethyl adjacent to an activating group) is 1. The molecule has 6 heteroatoms. The molecule has 0 aliphatic carbocycles. The minimum Gasteiger partial charge on any atom is -0.348 e. The first-order valence-corrected chi connectivity index (χ1v) is 5.75. The molecule has 0 radical (unpaired) electrons. The summed E-state index contributed by atoms with van der Waals surface area (Å²) in [6.07, 6.45) is -0.289. The first-order valence-electron chi connectivity index (χ1n) is 4.88. The van der Waals surface area contributed by atoms with Crippen LogP contribution in [-0.2, 0) is 14.3 Å². The summed E-state index contributed by atoms with van der Waals surface area (Å²) >= 11 is 11.0. The van der Waals surface area contributed by atoms with Gasteiger partial charge >= 0.3 is 0 Å². The molecule has 2 atom stereocenters. The quantitative estimate of drug-likeness (QED) is 0.714. The normalized spacial score (nSPS) is 25.9. The van der Waals surface area contributed by atoms with E-state index in [1.54, 1.807) is 0 Å². The lowest BCUT2D eigenvalue weighted by molar-refractivity contribution is -0.136. The minimum absolute atomic E-state index is 0.0756. The van der Waals surface area contributed by atoms with Gasteiger partial charge in [-0.05, 0) is 13.8 Å². The highest BCUT2D eigenvalue weighted by molar-refractivity contribution is 6.53. The van der Waals surface area contributed by atoms with Gasteiger partial charge in [0.2, 0.25) is 0 Å². The van der Waals surface area contributed by atoms with Gasteiger partial charge in [0.05, 0.1) is 19.3 Å². The van der Waals surface area contributed by atoms with E-state index in [4.69, 9.17) is 32.7 Å². The summed E-state index contributed by atoms with van der Waals surface area (Å²) in [7, 11) is 0. The Morgan fingerprint density at radius 3 is 2.67 bits per heavy atom. The van der Waals surface area contributed by atoms with Crippen molar-refractivity contribution in [3.63, 3.8) is 0 Å². The van der Waals surface area contributed by atoms with Crippen molar-refractivity contribution in [2.75, 3.05) is 19.7 Å². The molecular weight excluding hydrogens is 241 g/mol. The van der Waals surface area contributed by atoms with Crippen LogP contribution in [0.5, 0.6) is 0 Å². The van der Waals surface area contributed by atoms with Gasteiger partial charge < -0.3 is 14.4 Å². The molecule has 0 bridgehead atoms. The number of ether oxygens (including phenoxy) is 2. The fraction of sp³-hybridized carbons (Fsp3) is 0.889. The standard InChI is InChI=1S/C9H15Cl2NO3/c1-3-12(9(13)8(10)11)4-7-14-5-6(2)15-7/h6-8H,3-5H2,1-2H3. The van der Waals surface area contributed by atoms with Crippen molar-refractivity contribution in [2.45, 2.75) is 31.1 Å². The van der Waals surface area contributed by atoms with Gasteiger partial charge in [-0.3, -0.25) is 4.79 Å². The van der Waals surface area contributed by atoms with E-state index in [0.29, 0.717) is 19.7 Å². The molecule has 0 aromatic carbocycles. The molecule has 15 heavy (non-hydrogen) atoms. The molecule has 0 N–H and O–H groups in total. The number of halogens is 2. The van der Waals surface area contributed by atoms with Crippen LogP contribution in [0.1, 0.15) is 13.8 Å². The van der Waals surface area contributed by atoms with Gasteiger partial charge in [-0.2, -0.15) is 0 Å². The SMILES string of the molecule is CCN(CC1OCC(C)O1)C(=O)C(Cl)Cl. The molecule has 0 aromatic heterocycles. The van der Waals surface area contributed by atoms with Gasteiger partial charge in [0.15, 0.2) is 11.1 Å². The minimum atomic E-state index is -1.02. The maximum atomic E-state index is 11.5. The summed E-state index contributed by atoms with van der Waals surface area (Å²) in [5, 5.41) is 0. The summed E-state index contributed by atoms with van der Waals surface area (Å²) in [5.74, 6) is -0.312. The Labute approximate surface area is 99.4 Å². The lowest BCUT2D eigenvalue weighted by Crippen LogP contribution is -2.40. The molecule has 0 aromatic rings. The Balaban J connectivity index is 2.43. The largest absolute Gasteiger partial charge is 0.348 e. The van der Waals surface area contributed by atoms with Crippen LogP contribution in [0.2, 0.25) is 0 Å². The van der Waals surface area contributed by atoms with E-state index < -0.39 is 4.84 Å². The van der Waals surface area contributed by atoms with Crippen LogP contribution in [0.15, 0.2) is 0 Å². The molecule has 1 saturated heterocycles. The van der Waals surface area contributed by atoms with Crippen LogP contribution in [0, 0.1) is 0 Å². The summed E-state index contributed by atoms with van der Waals surface area (Å²) in [6, 6.07) is 0. The van der Waals surface area contributed by atoms with Crippen molar-refractivity contribution in [1.29, 1.82) is 0 Å². The first kappa shape index (κ1) is 13.0. The zero-order valence-corrected chi connectivity index (χ0v) is 10.3. The predicted molar refractivity (Wildman–Crippen MR) is 58.0 cm³/mol. The number of hydrogen-bond donors (Lipinski definition) is 0. The lowest BCUT2D eigenvalue weighted by Gasteiger charge is -2.23. The average Bonchev–Trinajstić information content (AvgIpc) is 2.59. The van der Waals surface area contributed by atoms with Gasteiger partial charge in [-0.1, -0.05) is 23.2 Å². The van der Waals surface area contributed by atoms with E-state index in [9.17, 15) is 4.79 Å². The Morgan fingerprint density at radius 2 is 2.27 bits per heavy atom. The topological polar surface area (TPSA) is 38.8 Å². The van der Waals surface area contributed by atoms with Crippen LogP contribution in [0.3, 0.4) is 0 Å². The van der Waals surface area contributed by atoms with Gasteiger partial charge in [0, 0.05) is 6.54 Å². The monoisotopic (exact) mass is 255 g/mol. The molecule has 4 nitrogen and oxygen atoms in total. The lowest BCUT2D eigenvalue weighted by atomic mass is 10.4. The number of amides is 1. The molecule has 0 saturated carbocycles. The van der Waals surface area contributed by atoms with Crippen LogP contribution in [0.4, 0.5) is 0 Å². The van der Waals surface area contributed by atoms with E-state index in [1.165, 1.54) is 4.90 Å². The number of alkyl halides is 2. The summed E-state index contributed by atoms with van der Waals surface area (Å²) in [4.78, 5) is 12.0. The first-order chi connectivity index (χ1) is 7.04. The highest BCUT2D eigenvalue weighted by Gasteiger charge is 2.27. The summed E-state index contributed by atoms with van der Waals surface area (Å²) < 4.78 is 10.7. The zero-order valence-electron chi connectivity index (χ0n) is 8.78. The molecule has 1 heterocycles. The van der Waals surface area contributed by atoms with Crippen LogP contribution in [-0.4, -0.2) is 47.7 Å². The third-order valence-electron chi connectivity index (χ3n) is 2.15. The average molecular weight is 256 g/mol. The van der Waals surface area contributed by atoms with Crippen LogP contribution < -0.4 is 0 Å². The van der Waals surface area contributed by atoms with Crippen molar-refractivity contribution in [2.24, 2.45) is 0 Å². The third kappa shape index (κ3) is 3.79. The molecule has 1 aliphatic heterocycles. The molecule has 0 spiro atoms. The number of rotatable bonds is 4. The van der Waals surface area contributed by atoms with Gasteiger partial charge in [-0.25, -0.2) is 0 Å². The third-order valence-corrected chi connectivity index (χ3v) is 2.52. The van der Waals surface area contributed by atoms with E-state index in [1.807, 2.05) is 13.8 Å². The zero-order chi connectivity index (χ0) is 11.4. The molecule has 88 valence electrons. The highest BCUT2D eigenvalue weighted by atomic mass is 35.5. The maximum Gasteiger partial charge on any atom is 0.256 e. The molecule has 1 fully saturated rings. The van der Waals surface area contributed by atoms with E-state index in [2.05, 4.69) is 0 Å². The van der Waals surface area contributed by atoms with Gasteiger partial charge in [0.25, 0.3) is 5.91 Å². The van der Waals surface area contributed by atoms with Gasteiger partial charge in [-0.15, -0.1) is 0 Å². The second-order valence-electron chi connectivity index (χ2n) is 3.39. The van der Waals surface area contributed by atoms with E-state index in [-0.39, 0.29) is 18.3 Å². The van der Waals surface area contributed by atoms with Crippen LogP contribution >= 0.6 is 23.2 Å². The number of carbonyl (C=O) groups is 1. The van der Waals surface area contributed by atoms with Crippen molar-refractivity contribution in [1.82, 2.24) is 4.90 Å². The smallest absolute Gasteiger partial charge is 0.256 e. The molecular formula is C9H15Cl2NO3. The number of carbonyl (C=O) groups excluding carboxylic acids is 1. The van der Waals surface area contributed by atoms with Crippen molar-refractivity contribution in [3.05, 3.63) is 0 Å². The Morgan fingerprint density at radius 1 is 1.60 bits per heavy atom. The fourth-order valence-corrected chi connectivity index (χ4v) is 1.65. The fourth-order valence-electron chi connectivity index (χ4n) is 1.37. The second-order valence-corrected chi connectivity index (χ2v) is 4.48. The van der Waals surface area contributed by atoms with Crippen molar-refractivity contribution in [3.8, 4) is 0 Å². The summed E-state index contributed by atoms with van der Waals surface area (Å²) in [6.45, 7) is 5.24. The van der Waals surface area contributed by atoms with Crippen LogP contribution in [0.25, 0.3) is 0 Å². The number of nitrogens with zero attached hydrogens (tertiary/aromatic N) is 1. The Kier molecular flexibility index (Phi) is 5.12. The molecule has 1 aliphatic rings. The van der Waals surface area contributed by atoms with E-state index in [0.717, 1.165) is 0 Å². The van der Waals surface area contributed by atoms with Crippen molar-refractivity contribution >= 4 is 29.1 Å². The maximum absolute atomic E-state index is 11.5. The van der Waals surface area contributed by atoms with Gasteiger partial charge in [0.1, 0.15) is 0 Å². The molecule has 1 amide bonds. The highest BCUT2D eigenvalue weighted by Crippen LogP contribution is 2.14. The molecule has 2 unspecified atom stereocenters. The van der Waals surface area contributed by atoms with E-state index >= 15 is 0 Å². The second kappa shape index (κ2) is 5.89. The number of hydrogen-bond acceptors (Lipinski definition) is 3. The van der Waals surface area contributed by atoms with Crippen molar-refractivity contribution < 1.29 is 14.3 Å².